The molecule has 3 rings (SSSR count). The first-order valence-electron chi connectivity index (χ1n) is 9.51. The van der Waals surface area contributed by atoms with Crippen LogP contribution in [0.25, 0.3) is 11.4 Å². The number of halogens is 1. The number of rotatable bonds is 6. The van der Waals surface area contributed by atoms with Crippen LogP contribution >= 0.6 is 11.6 Å². The fraction of sp³-hybridized carbons (Fsp3) is 0.300. The Labute approximate surface area is 191 Å². The number of sulfonamides is 1. The van der Waals surface area contributed by atoms with Crippen LogP contribution in [-0.2, 0) is 17.1 Å². The number of carbonyl (C=O) groups is 1. The molecule has 0 aliphatic carbocycles. The summed E-state index contributed by atoms with van der Waals surface area (Å²) in [6.07, 6.45) is -0.115. The first-order valence-corrected chi connectivity index (χ1v) is 11.7. The van der Waals surface area contributed by atoms with Crippen molar-refractivity contribution in [2.24, 2.45) is 7.05 Å². The van der Waals surface area contributed by atoms with E-state index in [9.17, 15) is 18.3 Å². The topological polar surface area (TPSA) is 122 Å². The summed E-state index contributed by atoms with van der Waals surface area (Å²) in [6, 6.07) is 9.53. The number of carboxylic acid groups (broad SMARTS) is 1. The number of amides is 1. The zero-order valence-electron chi connectivity index (χ0n) is 18.2. The van der Waals surface area contributed by atoms with Gasteiger partial charge in [0.15, 0.2) is 11.5 Å². The van der Waals surface area contributed by atoms with Gasteiger partial charge in [0.2, 0.25) is 10.0 Å². The average Bonchev–Trinajstić information content (AvgIpc) is 3.08. The molecule has 0 bridgehead atoms. The van der Waals surface area contributed by atoms with E-state index in [2.05, 4.69) is 15.3 Å². The molecular weight excluding hydrogens is 456 g/mol. The van der Waals surface area contributed by atoms with E-state index in [0.717, 1.165) is 15.5 Å². The Morgan fingerprint density at radius 3 is 2.44 bits per heavy atom. The van der Waals surface area contributed by atoms with Crippen LogP contribution < -0.4 is 9.21 Å². The number of benzene rings is 1. The lowest BCUT2D eigenvalue weighted by atomic mass is 10.1. The zero-order valence-corrected chi connectivity index (χ0v) is 19.8. The molecule has 1 amide bonds. The monoisotopic (exact) mass is 478 g/mol. The van der Waals surface area contributed by atoms with E-state index < -0.39 is 22.2 Å². The largest absolute Gasteiger partial charge is 0.465 e. The third-order valence-corrected chi connectivity index (χ3v) is 6.65. The highest BCUT2D eigenvalue weighted by Crippen LogP contribution is 2.36. The van der Waals surface area contributed by atoms with Crippen molar-refractivity contribution in [3.63, 3.8) is 0 Å². The molecule has 10 nitrogen and oxygen atoms in total. The van der Waals surface area contributed by atoms with Gasteiger partial charge in [-0.3, -0.25) is 9.21 Å². The van der Waals surface area contributed by atoms with Crippen LogP contribution in [0.15, 0.2) is 36.4 Å². The molecule has 0 aliphatic rings. The zero-order chi connectivity index (χ0) is 23.8. The predicted octanol–water partition coefficient (Wildman–Crippen LogP) is 3.48. The molecule has 0 radical (unpaired) electrons. The number of aromatic nitrogens is 4. The second kappa shape index (κ2) is 8.75. The minimum absolute atomic E-state index is 0.209. The summed E-state index contributed by atoms with van der Waals surface area (Å²) in [6.45, 7) is 3.38. The summed E-state index contributed by atoms with van der Waals surface area (Å²) < 4.78 is 26.3. The van der Waals surface area contributed by atoms with E-state index in [4.69, 9.17) is 11.6 Å². The van der Waals surface area contributed by atoms with E-state index in [1.165, 1.54) is 11.7 Å². The number of anilines is 2. The van der Waals surface area contributed by atoms with Crippen LogP contribution in [0.4, 0.5) is 16.3 Å². The number of hydrogen-bond acceptors (Lipinski definition) is 6. The maximum atomic E-state index is 12.3. The van der Waals surface area contributed by atoms with Crippen LogP contribution in [0, 0.1) is 6.92 Å². The highest BCUT2D eigenvalue weighted by Gasteiger charge is 2.31. The molecule has 0 fully saturated rings. The maximum absolute atomic E-state index is 12.3. The Morgan fingerprint density at radius 2 is 1.88 bits per heavy atom. The molecule has 2 aromatic heterocycles. The van der Waals surface area contributed by atoms with Gasteiger partial charge >= 0.3 is 6.09 Å². The van der Waals surface area contributed by atoms with Gasteiger partial charge in [-0.15, -0.1) is 5.10 Å². The number of aryl methyl sites for hydroxylation is 2. The molecule has 2 heterocycles. The first kappa shape index (κ1) is 23.5. The van der Waals surface area contributed by atoms with E-state index in [-0.39, 0.29) is 11.5 Å². The molecule has 0 spiro atoms. The van der Waals surface area contributed by atoms with Crippen molar-refractivity contribution >= 4 is 39.2 Å². The van der Waals surface area contributed by atoms with Crippen molar-refractivity contribution in [2.45, 2.75) is 19.9 Å². The minimum Gasteiger partial charge on any atom is -0.465 e. The lowest BCUT2D eigenvalue weighted by Gasteiger charge is -2.27. The van der Waals surface area contributed by atoms with Gasteiger partial charge in [0.25, 0.3) is 0 Å². The fourth-order valence-corrected chi connectivity index (χ4v) is 4.22. The Morgan fingerprint density at radius 1 is 1.22 bits per heavy atom. The normalized spacial score (nSPS) is 12.4. The molecule has 0 saturated heterocycles. The Balaban J connectivity index is 2.12. The minimum atomic E-state index is -3.47. The molecule has 12 heteroatoms. The SMILES string of the molecule is Cc1nc(-c2nnn(C)c2N(C(=O)O)[C@H](C)c2ccccc2Cl)ccc1N(C)S(C)(=O)=O. The van der Waals surface area contributed by atoms with Crippen molar-refractivity contribution < 1.29 is 18.3 Å². The molecule has 1 N–H and O–H groups in total. The van der Waals surface area contributed by atoms with E-state index in [1.54, 1.807) is 57.3 Å². The second-order valence-corrected chi connectivity index (χ2v) is 9.69. The van der Waals surface area contributed by atoms with Crippen molar-refractivity contribution in [3.8, 4) is 11.4 Å². The van der Waals surface area contributed by atoms with Gasteiger partial charge in [-0.05, 0) is 37.6 Å². The standard InChI is InChI=1S/C20H23ClN6O4S/c1-12-17(26(4)32(5,30)31)11-10-16(22-12)18-19(25(3)24-23-18)27(20(28)29)13(2)14-8-6-7-9-15(14)21/h6-11,13H,1-5H3,(H,28,29)/t13-/m1/s1. The Hall–Kier alpha value is -3.18. The van der Waals surface area contributed by atoms with Crippen LogP contribution in [0.1, 0.15) is 24.2 Å². The van der Waals surface area contributed by atoms with E-state index in [0.29, 0.717) is 27.7 Å². The average molecular weight is 479 g/mol. The van der Waals surface area contributed by atoms with Crippen molar-refractivity contribution in [2.75, 3.05) is 22.5 Å². The molecular formula is C20H23ClN6O4S. The maximum Gasteiger partial charge on any atom is 0.413 e. The Bertz CT molecular complexity index is 1280. The van der Waals surface area contributed by atoms with Crippen molar-refractivity contribution in [3.05, 3.63) is 52.7 Å². The second-order valence-electron chi connectivity index (χ2n) is 7.27. The van der Waals surface area contributed by atoms with Gasteiger partial charge in [0.05, 0.1) is 29.4 Å². The molecule has 32 heavy (non-hydrogen) atoms. The highest BCUT2D eigenvalue weighted by atomic mass is 35.5. The lowest BCUT2D eigenvalue weighted by molar-refractivity contribution is 0.199. The molecule has 170 valence electrons. The van der Waals surface area contributed by atoms with E-state index in [1.807, 2.05) is 0 Å². The summed E-state index contributed by atoms with van der Waals surface area (Å²) in [5.74, 6) is 0.209. The molecule has 0 saturated carbocycles. The highest BCUT2D eigenvalue weighted by molar-refractivity contribution is 7.92. The number of nitrogens with zero attached hydrogens (tertiary/aromatic N) is 6. The molecule has 0 aliphatic heterocycles. The molecule has 1 atom stereocenters. The smallest absolute Gasteiger partial charge is 0.413 e. The van der Waals surface area contributed by atoms with Gasteiger partial charge in [0, 0.05) is 19.1 Å². The van der Waals surface area contributed by atoms with Crippen molar-refractivity contribution in [1.29, 1.82) is 0 Å². The summed E-state index contributed by atoms with van der Waals surface area (Å²) >= 11 is 6.31. The van der Waals surface area contributed by atoms with Crippen molar-refractivity contribution in [1.82, 2.24) is 20.0 Å². The lowest BCUT2D eigenvalue weighted by Crippen LogP contribution is -2.34. The molecule has 3 aromatic rings. The third kappa shape index (κ3) is 4.39. The molecule has 0 unspecified atom stereocenters. The van der Waals surface area contributed by atoms with Gasteiger partial charge in [-0.25, -0.2) is 22.9 Å². The number of hydrogen-bond donors (Lipinski definition) is 1. The number of pyridine rings is 1. The van der Waals surface area contributed by atoms with Gasteiger partial charge in [-0.1, -0.05) is 35.0 Å². The van der Waals surface area contributed by atoms with Crippen LogP contribution in [-0.4, -0.2) is 52.9 Å². The van der Waals surface area contributed by atoms with Crippen LogP contribution in [0.2, 0.25) is 5.02 Å². The fourth-order valence-electron chi connectivity index (χ4n) is 3.38. The predicted molar refractivity (Wildman–Crippen MR) is 123 cm³/mol. The first-order chi connectivity index (χ1) is 14.9. The van der Waals surface area contributed by atoms with Crippen LogP contribution in [0.5, 0.6) is 0 Å². The van der Waals surface area contributed by atoms with Gasteiger partial charge in [0.1, 0.15) is 0 Å². The quantitative estimate of drug-likeness (QED) is 0.575. The summed E-state index contributed by atoms with van der Waals surface area (Å²) in [7, 11) is -0.450. The van der Waals surface area contributed by atoms with Crippen LogP contribution in [0.3, 0.4) is 0 Å². The van der Waals surface area contributed by atoms with Gasteiger partial charge in [-0.2, -0.15) is 0 Å². The Kier molecular flexibility index (Phi) is 6.42. The summed E-state index contributed by atoms with van der Waals surface area (Å²) in [4.78, 5) is 17.9. The van der Waals surface area contributed by atoms with E-state index >= 15 is 0 Å². The summed E-state index contributed by atoms with van der Waals surface area (Å²) in [5, 5.41) is 18.6. The summed E-state index contributed by atoms with van der Waals surface area (Å²) in [5.41, 5.74) is 2.06. The van der Waals surface area contributed by atoms with Gasteiger partial charge < -0.3 is 5.11 Å². The molecule has 1 aromatic carbocycles. The third-order valence-electron chi connectivity index (χ3n) is 5.11.